The maximum Gasteiger partial charge on any atom is -0.00152 e. The minimum Gasteiger partial charge on any atom is -0.316 e. The maximum absolute atomic E-state index is 3.51. The summed E-state index contributed by atoms with van der Waals surface area (Å²) in [6, 6.07) is 0. The number of hydrogen-bond donors (Lipinski definition) is 1. The molecule has 10 heavy (non-hydrogen) atoms. The van der Waals surface area contributed by atoms with E-state index >= 15 is 0 Å². The highest BCUT2D eigenvalue weighted by Gasteiger charge is 2.45. The average molecular weight is 139 g/mol. The molecular formula is C9H17N. The fourth-order valence-corrected chi connectivity index (χ4v) is 2.35. The SMILES string of the molecule is CC(C)C1CNCC2CC21. The summed E-state index contributed by atoms with van der Waals surface area (Å²) < 4.78 is 0. The van der Waals surface area contributed by atoms with Crippen molar-refractivity contribution in [3.63, 3.8) is 0 Å². The van der Waals surface area contributed by atoms with Crippen molar-refractivity contribution < 1.29 is 0 Å². The van der Waals surface area contributed by atoms with E-state index < -0.39 is 0 Å². The molecule has 0 amide bonds. The Kier molecular flexibility index (Phi) is 1.48. The molecule has 0 bridgehead atoms. The smallest absolute Gasteiger partial charge is 0.00152 e. The van der Waals surface area contributed by atoms with Crippen LogP contribution >= 0.6 is 0 Å². The Morgan fingerprint density at radius 3 is 2.70 bits per heavy atom. The van der Waals surface area contributed by atoms with Crippen LogP contribution in [0.15, 0.2) is 0 Å². The van der Waals surface area contributed by atoms with Crippen LogP contribution in [0.3, 0.4) is 0 Å². The number of rotatable bonds is 1. The van der Waals surface area contributed by atoms with Crippen molar-refractivity contribution in [2.45, 2.75) is 20.3 Å². The van der Waals surface area contributed by atoms with Gasteiger partial charge < -0.3 is 5.32 Å². The Labute approximate surface area is 63.2 Å². The number of fused-ring (bicyclic) bond motifs is 1. The molecule has 0 aromatic heterocycles. The highest BCUT2D eigenvalue weighted by Crippen LogP contribution is 2.48. The van der Waals surface area contributed by atoms with Crippen LogP contribution in [0.5, 0.6) is 0 Å². The van der Waals surface area contributed by atoms with E-state index in [1.54, 1.807) is 0 Å². The van der Waals surface area contributed by atoms with Gasteiger partial charge in [0.05, 0.1) is 0 Å². The van der Waals surface area contributed by atoms with Crippen LogP contribution in [0.4, 0.5) is 0 Å². The summed E-state index contributed by atoms with van der Waals surface area (Å²) >= 11 is 0. The fraction of sp³-hybridized carbons (Fsp3) is 1.00. The molecular weight excluding hydrogens is 122 g/mol. The van der Waals surface area contributed by atoms with Gasteiger partial charge in [0.15, 0.2) is 0 Å². The zero-order chi connectivity index (χ0) is 7.14. The molecule has 3 atom stereocenters. The van der Waals surface area contributed by atoms with Gasteiger partial charge >= 0.3 is 0 Å². The first-order valence-electron chi connectivity index (χ1n) is 4.49. The Morgan fingerprint density at radius 1 is 1.30 bits per heavy atom. The third-order valence-electron chi connectivity index (χ3n) is 3.17. The molecule has 3 unspecified atom stereocenters. The van der Waals surface area contributed by atoms with Crippen molar-refractivity contribution in [3.8, 4) is 0 Å². The van der Waals surface area contributed by atoms with Crippen LogP contribution < -0.4 is 5.32 Å². The van der Waals surface area contributed by atoms with Crippen molar-refractivity contribution in [3.05, 3.63) is 0 Å². The molecule has 0 aromatic rings. The molecule has 1 saturated carbocycles. The van der Waals surface area contributed by atoms with Gasteiger partial charge in [-0.2, -0.15) is 0 Å². The third-order valence-corrected chi connectivity index (χ3v) is 3.17. The Morgan fingerprint density at radius 2 is 2.10 bits per heavy atom. The molecule has 1 aliphatic carbocycles. The van der Waals surface area contributed by atoms with Crippen LogP contribution in [0.2, 0.25) is 0 Å². The zero-order valence-electron chi connectivity index (χ0n) is 6.93. The number of piperidine rings is 1. The second-order valence-electron chi connectivity index (χ2n) is 4.23. The van der Waals surface area contributed by atoms with E-state index in [2.05, 4.69) is 19.2 Å². The van der Waals surface area contributed by atoms with Gasteiger partial charge in [0, 0.05) is 0 Å². The minimum absolute atomic E-state index is 0.891. The second kappa shape index (κ2) is 2.23. The summed E-state index contributed by atoms with van der Waals surface area (Å²) in [5.41, 5.74) is 0. The van der Waals surface area contributed by atoms with E-state index in [-0.39, 0.29) is 0 Å². The normalized spacial score (nSPS) is 45.3. The molecule has 2 aliphatic rings. The third kappa shape index (κ3) is 0.968. The highest BCUT2D eigenvalue weighted by atomic mass is 14.9. The van der Waals surface area contributed by atoms with E-state index in [4.69, 9.17) is 0 Å². The molecule has 0 spiro atoms. The second-order valence-corrected chi connectivity index (χ2v) is 4.23. The van der Waals surface area contributed by atoms with Crippen molar-refractivity contribution >= 4 is 0 Å². The molecule has 1 heterocycles. The molecule has 2 fully saturated rings. The predicted octanol–water partition coefficient (Wildman–Crippen LogP) is 1.50. The lowest BCUT2D eigenvalue weighted by Crippen LogP contribution is -2.34. The van der Waals surface area contributed by atoms with Crippen LogP contribution in [0.25, 0.3) is 0 Å². The van der Waals surface area contributed by atoms with E-state index in [1.165, 1.54) is 19.5 Å². The molecule has 1 aliphatic heterocycles. The maximum atomic E-state index is 3.51. The average Bonchev–Trinajstić information content (AvgIpc) is 2.63. The molecule has 1 N–H and O–H groups in total. The predicted molar refractivity (Wildman–Crippen MR) is 42.8 cm³/mol. The first-order valence-corrected chi connectivity index (χ1v) is 4.49. The molecule has 1 saturated heterocycles. The number of hydrogen-bond acceptors (Lipinski definition) is 1. The van der Waals surface area contributed by atoms with E-state index in [0.29, 0.717) is 0 Å². The van der Waals surface area contributed by atoms with E-state index in [9.17, 15) is 0 Å². The van der Waals surface area contributed by atoms with Crippen molar-refractivity contribution in [1.29, 1.82) is 0 Å². The van der Waals surface area contributed by atoms with Gasteiger partial charge in [0.1, 0.15) is 0 Å². The fourth-order valence-electron chi connectivity index (χ4n) is 2.35. The minimum atomic E-state index is 0.891. The summed E-state index contributed by atoms with van der Waals surface area (Å²) in [4.78, 5) is 0. The van der Waals surface area contributed by atoms with Gasteiger partial charge in [-0.15, -0.1) is 0 Å². The van der Waals surface area contributed by atoms with E-state index in [0.717, 1.165) is 23.7 Å². The lowest BCUT2D eigenvalue weighted by Gasteiger charge is -2.25. The van der Waals surface area contributed by atoms with Gasteiger partial charge in [0.25, 0.3) is 0 Å². The van der Waals surface area contributed by atoms with Gasteiger partial charge in [0.2, 0.25) is 0 Å². The van der Waals surface area contributed by atoms with Crippen LogP contribution in [-0.4, -0.2) is 13.1 Å². The molecule has 0 radical (unpaired) electrons. The highest BCUT2D eigenvalue weighted by molar-refractivity contribution is 4.97. The Bertz CT molecular complexity index is 131. The first kappa shape index (κ1) is 6.66. The van der Waals surface area contributed by atoms with Gasteiger partial charge in [-0.1, -0.05) is 13.8 Å². The van der Waals surface area contributed by atoms with Crippen LogP contribution in [-0.2, 0) is 0 Å². The van der Waals surface area contributed by atoms with Crippen LogP contribution in [0.1, 0.15) is 20.3 Å². The molecule has 2 rings (SSSR count). The molecule has 1 heteroatoms. The summed E-state index contributed by atoms with van der Waals surface area (Å²) in [6.45, 7) is 7.28. The lowest BCUT2D eigenvalue weighted by molar-refractivity contribution is 0.276. The molecule has 1 nitrogen and oxygen atoms in total. The summed E-state index contributed by atoms with van der Waals surface area (Å²) in [5, 5.41) is 3.51. The summed E-state index contributed by atoms with van der Waals surface area (Å²) in [5.74, 6) is 4.03. The molecule has 58 valence electrons. The van der Waals surface area contributed by atoms with Crippen molar-refractivity contribution in [2.24, 2.45) is 23.7 Å². The standard InChI is InChI=1S/C9H17N/c1-6(2)9-5-10-4-7-3-8(7)9/h6-10H,3-5H2,1-2H3. The summed E-state index contributed by atoms with van der Waals surface area (Å²) in [7, 11) is 0. The zero-order valence-corrected chi connectivity index (χ0v) is 6.93. The lowest BCUT2D eigenvalue weighted by atomic mass is 9.88. The topological polar surface area (TPSA) is 12.0 Å². The molecule has 0 aromatic carbocycles. The van der Waals surface area contributed by atoms with Gasteiger partial charge in [-0.25, -0.2) is 0 Å². The van der Waals surface area contributed by atoms with Gasteiger partial charge in [-0.05, 0) is 43.2 Å². The Balaban J connectivity index is 1.96. The van der Waals surface area contributed by atoms with Crippen LogP contribution in [0, 0.1) is 23.7 Å². The first-order chi connectivity index (χ1) is 4.79. The summed E-state index contributed by atoms with van der Waals surface area (Å²) in [6.07, 6.45) is 1.51. The van der Waals surface area contributed by atoms with Crippen molar-refractivity contribution in [1.82, 2.24) is 5.32 Å². The Hall–Kier alpha value is -0.0400. The van der Waals surface area contributed by atoms with Gasteiger partial charge in [-0.3, -0.25) is 0 Å². The largest absolute Gasteiger partial charge is 0.316 e. The number of nitrogens with one attached hydrogen (secondary N) is 1. The van der Waals surface area contributed by atoms with E-state index in [1.807, 2.05) is 0 Å². The monoisotopic (exact) mass is 139 g/mol. The van der Waals surface area contributed by atoms with Crippen molar-refractivity contribution in [2.75, 3.05) is 13.1 Å². The quantitative estimate of drug-likeness (QED) is 0.580.